The molecular formula is C19H22N2O5. The number of carbonyl (C=O) groups excluding carboxylic acids is 3. The number of ether oxygens (including phenoxy) is 2. The number of hydrogen-bond acceptors (Lipinski definition) is 6. The number of para-hydroxylation sites is 1. The van der Waals surface area contributed by atoms with Gasteiger partial charge in [-0.15, -0.1) is 0 Å². The summed E-state index contributed by atoms with van der Waals surface area (Å²) < 4.78 is 10.1. The maximum absolute atomic E-state index is 12.8. The van der Waals surface area contributed by atoms with Crippen LogP contribution in [0.3, 0.4) is 0 Å². The number of benzene rings is 1. The smallest absolute Gasteiger partial charge is 0.350 e. The number of rotatable bonds is 3. The van der Waals surface area contributed by atoms with E-state index in [9.17, 15) is 14.4 Å². The van der Waals surface area contributed by atoms with Crippen LogP contribution in [-0.2, 0) is 19.1 Å². The van der Waals surface area contributed by atoms with Crippen molar-refractivity contribution in [3.05, 3.63) is 41.6 Å². The summed E-state index contributed by atoms with van der Waals surface area (Å²) in [6, 6.07) is 6.99. The van der Waals surface area contributed by atoms with Crippen LogP contribution in [0.4, 0.5) is 5.69 Å². The van der Waals surface area contributed by atoms with E-state index >= 15 is 0 Å². The summed E-state index contributed by atoms with van der Waals surface area (Å²) in [7, 11) is 0. The van der Waals surface area contributed by atoms with Crippen LogP contribution in [0.15, 0.2) is 36.0 Å². The van der Waals surface area contributed by atoms with Crippen LogP contribution in [0.25, 0.3) is 0 Å². The largest absolute Gasteiger partial charge is 0.419 e. The molecule has 3 rings (SSSR count). The van der Waals surface area contributed by atoms with Crippen LogP contribution in [-0.4, -0.2) is 41.6 Å². The lowest BCUT2D eigenvalue weighted by Crippen LogP contribution is -2.42. The Labute approximate surface area is 151 Å². The summed E-state index contributed by atoms with van der Waals surface area (Å²) in [5, 5.41) is 2.88. The summed E-state index contributed by atoms with van der Waals surface area (Å²) in [6.07, 6.45) is 4.36. The molecule has 2 aliphatic rings. The van der Waals surface area contributed by atoms with E-state index in [4.69, 9.17) is 9.47 Å². The van der Waals surface area contributed by atoms with Crippen molar-refractivity contribution in [1.82, 2.24) is 4.90 Å². The molecule has 1 aromatic carbocycles. The average molecular weight is 358 g/mol. The van der Waals surface area contributed by atoms with Crippen LogP contribution in [0.1, 0.15) is 43.5 Å². The molecule has 0 spiro atoms. The number of likely N-dealkylation sites (tertiary alicyclic amines) is 1. The third-order valence-electron chi connectivity index (χ3n) is 4.29. The third-order valence-corrected chi connectivity index (χ3v) is 4.29. The molecule has 2 aliphatic heterocycles. The Balaban J connectivity index is 1.79. The van der Waals surface area contributed by atoms with Gasteiger partial charge in [-0.25, -0.2) is 9.59 Å². The minimum atomic E-state index is -1.28. The van der Waals surface area contributed by atoms with Gasteiger partial charge in [0, 0.05) is 33.1 Å². The molecular weight excluding hydrogens is 336 g/mol. The second-order valence-electron chi connectivity index (χ2n) is 6.78. The number of nitrogens with zero attached hydrogens (tertiary/aromatic N) is 1. The topological polar surface area (TPSA) is 84.9 Å². The van der Waals surface area contributed by atoms with Crippen LogP contribution in [0.5, 0.6) is 0 Å². The van der Waals surface area contributed by atoms with Crippen LogP contribution in [0.2, 0.25) is 0 Å². The van der Waals surface area contributed by atoms with Crippen molar-refractivity contribution in [2.24, 2.45) is 0 Å². The molecule has 2 heterocycles. The molecule has 0 radical (unpaired) electrons. The number of amides is 1. The monoisotopic (exact) mass is 358 g/mol. The van der Waals surface area contributed by atoms with Gasteiger partial charge in [0.05, 0.1) is 11.3 Å². The van der Waals surface area contributed by atoms with Crippen LogP contribution >= 0.6 is 0 Å². The van der Waals surface area contributed by atoms with Gasteiger partial charge in [0.15, 0.2) is 5.57 Å². The standard InChI is InChI=1S/C19H22N2O5/c1-19(2)25-17(23)14(18(24)26-19)12-20-15-9-5-4-8-13(15)16(22)21-10-6-3-7-11-21/h4-5,8-9,12,20H,3,6-7,10-11H2,1-2H3. The fraction of sp³-hybridized carbons (Fsp3) is 0.421. The number of esters is 2. The highest BCUT2D eigenvalue weighted by molar-refractivity contribution is 6.15. The van der Waals surface area contributed by atoms with E-state index in [1.807, 2.05) is 4.90 Å². The van der Waals surface area contributed by atoms with E-state index in [0.717, 1.165) is 32.4 Å². The molecule has 1 aromatic rings. The van der Waals surface area contributed by atoms with E-state index in [1.165, 1.54) is 20.0 Å². The van der Waals surface area contributed by atoms with Gasteiger partial charge in [-0.1, -0.05) is 12.1 Å². The number of hydrogen-bond donors (Lipinski definition) is 1. The van der Waals surface area contributed by atoms with E-state index in [1.54, 1.807) is 24.3 Å². The number of piperidine rings is 1. The predicted octanol–water partition coefficient (Wildman–Crippen LogP) is 2.44. The lowest BCUT2D eigenvalue weighted by molar-refractivity contribution is -0.222. The first-order valence-electron chi connectivity index (χ1n) is 8.69. The molecule has 0 saturated carbocycles. The van der Waals surface area contributed by atoms with Crippen LogP contribution < -0.4 is 5.32 Å². The molecule has 7 heteroatoms. The van der Waals surface area contributed by atoms with Gasteiger partial charge in [0.1, 0.15) is 0 Å². The van der Waals surface area contributed by atoms with Crippen molar-refractivity contribution in [1.29, 1.82) is 0 Å². The molecule has 0 aliphatic carbocycles. The van der Waals surface area contributed by atoms with Crippen molar-refractivity contribution in [2.45, 2.75) is 38.9 Å². The lowest BCUT2D eigenvalue weighted by atomic mass is 10.1. The van der Waals surface area contributed by atoms with Gasteiger partial charge in [-0.2, -0.15) is 0 Å². The minimum Gasteiger partial charge on any atom is -0.419 e. The van der Waals surface area contributed by atoms with Crippen LogP contribution in [0, 0.1) is 0 Å². The van der Waals surface area contributed by atoms with Crippen molar-refractivity contribution in [3.8, 4) is 0 Å². The number of carbonyl (C=O) groups is 3. The Morgan fingerprint density at radius 1 is 1.08 bits per heavy atom. The predicted molar refractivity (Wildman–Crippen MR) is 94.2 cm³/mol. The van der Waals surface area contributed by atoms with E-state index in [0.29, 0.717) is 11.3 Å². The number of nitrogens with one attached hydrogen (secondary N) is 1. The summed E-state index contributed by atoms with van der Waals surface area (Å²) in [5.41, 5.74) is 0.759. The molecule has 0 aromatic heterocycles. The molecule has 0 unspecified atom stereocenters. The van der Waals surface area contributed by atoms with Crippen molar-refractivity contribution < 1.29 is 23.9 Å². The highest BCUT2D eigenvalue weighted by Gasteiger charge is 2.39. The highest BCUT2D eigenvalue weighted by Crippen LogP contribution is 2.24. The third kappa shape index (κ3) is 3.87. The minimum absolute atomic E-state index is 0.0684. The molecule has 26 heavy (non-hydrogen) atoms. The molecule has 1 N–H and O–H groups in total. The summed E-state index contributed by atoms with van der Waals surface area (Å²) >= 11 is 0. The quantitative estimate of drug-likeness (QED) is 0.507. The van der Waals surface area contributed by atoms with Gasteiger partial charge >= 0.3 is 11.9 Å². The molecule has 1 amide bonds. The summed E-state index contributed by atoms with van der Waals surface area (Å²) in [5.74, 6) is -2.88. The van der Waals surface area contributed by atoms with E-state index < -0.39 is 17.7 Å². The Bertz CT molecular complexity index is 741. The maximum Gasteiger partial charge on any atom is 0.350 e. The zero-order chi connectivity index (χ0) is 18.7. The van der Waals surface area contributed by atoms with Gasteiger partial charge < -0.3 is 19.7 Å². The first-order valence-corrected chi connectivity index (χ1v) is 8.69. The molecule has 2 fully saturated rings. The fourth-order valence-corrected chi connectivity index (χ4v) is 2.99. The molecule has 0 atom stereocenters. The highest BCUT2D eigenvalue weighted by atomic mass is 16.7. The first kappa shape index (κ1) is 18.0. The molecule has 2 saturated heterocycles. The second kappa shape index (κ2) is 7.19. The zero-order valence-electron chi connectivity index (χ0n) is 14.9. The van der Waals surface area contributed by atoms with Crippen molar-refractivity contribution >= 4 is 23.5 Å². The number of cyclic esters (lactones) is 2. The second-order valence-corrected chi connectivity index (χ2v) is 6.78. The lowest BCUT2D eigenvalue weighted by Gasteiger charge is -2.30. The van der Waals surface area contributed by atoms with Gasteiger partial charge in [0.25, 0.3) is 11.7 Å². The Morgan fingerprint density at radius 3 is 2.35 bits per heavy atom. The Morgan fingerprint density at radius 2 is 1.69 bits per heavy atom. The molecule has 0 bridgehead atoms. The normalized spacial score (nSPS) is 19.5. The fourth-order valence-electron chi connectivity index (χ4n) is 2.99. The van der Waals surface area contributed by atoms with Gasteiger partial charge in [-0.05, 0) is 31.4 Å². The number of anilines is 1. The average Bonchev–Trinajstić information content (AvgIpc) is 2.60. The maximum atomic E-state index is 12.8. The SMILES string of the molecule is CC1(C)OC(=O)C(=CNc2ccccc2C(=O)N2CCCCC2)C(=O)O1. The molecule has 138 valence electrons. The van der Waals surface area contributed by atoms with E-state index in [2.05, 4.69) is 5.32 Å². The van der Waals surface area contributed by atoms with Crippen molar-refractivity contribution in [2.75, 3.05) is 18.4 Å². The van der Waals surface area contributed by atoms with Crippen molar-refractivity contribution in [3.63, 3.8) is 0 Å². The Hall–Kier alpha value is -2.83. The molecule has 7 nitrogen and oxygen atoms in total. The summed E-state index contributed by atoms with van der Waals surface area (Å²) in [6.45, 7) is 4.45. The van der Waals surface area contributed by atoms with Gasteiger partial charge in [-0.3, -0.25) is 4.79 Å². The Kier molecular flexibility index (Phi) is 4.97. The zero-order valence-corrected chi connectivity index (χ0v) is 14.9. The van der Waals surface area contributed by atoms with Gasteiger partial charge in [0.2, 0.25) is 0 Å². The first-order chi connectivity index (χ1) is 12.4. The van der Waals surface area contributed by atoms with E-state index in [-0.39, 0.29) is 11.5 Å². The summed E-state index contributed by atoms with van der Waals surface area (Å²) in [4.78, 5) is 38.6.